The average molecular weight is 294 g/mol. The molecule has 6 nitrogen and oxygen atoms in total. The minimum Gasteiger partial charge on any atom is -0.404 e. The molecule has 1 aromatic heterocycles. The molecule has 2 aromatic carbocycles. The Hall–Kier alpha value is -3.15. The van der Waals surface area contributed by atoms with Crippen LogP contribution in [-0.2, 0) is 11.4 Å². The molecule has 3 rings (SSSR count). The van der Waals surface area contributed by atoms with Crippen molar-refractivity contribution in [3.05, 3.63) is 77.7 Å². The molecule has 2 N–H and O–H groups in total. The number of oxime groups is 1. The molecular weight excluding hydrogens is 280 g/mol. The van der Waals surface area contributed by atoms with E-state index in [4.69, 9.17) is 15.0 Å². The highest BCUT2D eigenvalue weighted by molar-refractivity contribution is 6.12. The number of hydrogen-bond donors (Lipinski definition) is 1. The van der Waals surface area contributed by atoms with Crippen LogP contribution >= 0.6 is 0 Å². The Balaban J connectivity index is 1.84. The zero-order chi connectivity index (χ0) is 15.2. The van der Waals surface area contributed by atoms with Crippen LogP contribution in [0.3, 0.4) is 0 Å². The molecule has 0 radical (unpaired) electrons. The monoisotopic (exact) mass is 294 g/mol. The summed E-state index contributed by atoms with van der Waals surface area (Å²) in [6, 6.07) is 19.6. The zero-order valence-corrected chi connectivity index (χ0v) is 11.7. The highest BCUT2D eigenvalue weighted by atomic mass is 16.6. The largest absolute Gasteiger partial charge is 0.404 e. The molecule has 1 heterocycles. The third-order valence-corrected chi connectivity index (χ3v) is 2.92. The van der Waals surface area contributed by atoms with Gasteiger partial charge in [0, 0.05) is 11.1 Å². The molecule has 0 bridgehead atoms. The minimum atomic E-state index is 0.00826. The molecule has 110 valence electrons. The fourth-order valence-corrected chi connectivity index (χ4v) is 1.94. The number of anilines is 1. The van der Waals surface area contributed by atoms with E-state index in [0.717, 1.165) is 16.8 Å². The van der Waals surface area contributed by atoms with Gasteiger partial charge in [0.05, 0.1) is 0 Å². The van der Waals surface area contributed by atoms with E-state index in [-0.39, 0.29) is 18.5 Å². The van der Waals surface area contributed by atoms with E-state index >= 15 is 0 Å². The van der Waals surface area contributed by atoms with Crippen molar-refractivity contribution >= 4 is 11.7 Å². The van der Waals surface area contributed by atoms with E-state index in [2.05, 4.69) is 15.4 Å². The standard InChI is InChI=1S/C16H14N4O2/c17-16-19-18-14(22-16)11-21-20-15(12-7-3-1-4-8-12)13-9-5-2-6-10-13/h1-10H,11H2,(H2,17,19). The topological polar surface area (TPSA) is 86.5 Å². The van der Waals surface area contributed by atoms with E-state index < -0.39 is 0 Å². The predicted octanol–water partition coefficient (Wildman–Crippen LogP) is 2.62. The minimum absolute atomic E-state index is 0.00826. The summed E-state index contributed by atoms with van der Waals surface area (Å²) in [5, 5.41) is 11.5. The lowest BCUT2D eigenvalue weighted by Crippen LogP contribution is -2.04. The second-order valence-corrected chi connectivity index (χ2v) is 4.48. The fourth-order valence-electron chi connectivity index (χ4n) is 1.94. The SMILES string of the molecule is Nc1nnc(CON=C(c2ccccc2)c2ccccc2)o1. The van der Waals surface area contributed by atoms with E-state index in [1.165, 1.54) is 0 Å². The van der Waals surface area contributed by atoms with Gasteiger partial charge < -0.3 is 15.0 Å². The van der Waals surface area contributed by atoms with Crippen LogP contribution in [0.5, 0.6) is 0 Å². The molecule has 0 fully saturated rings. The van der Waals surface area contributed by atoms with Gasteiger partial charge in [-0.3, -0.25) is 0 Å². The van der Waals surface area contributed by atoms with Crippen LogP contribution in [0.1, 0.15) is 17.0 Å². The molecule has 3 aromatic rings. The van der Waals surface area contributed by atoms with Gasteiger partial charge in [-0.25, -0.2) is 0 Å². The Morgan fingerprint density at radius 1 is 0.955 bits per heavy atom. The Bertz CT molecular complexity index is 713. The Morgan fingerprint density at radius 3 is 2.05 bits per heavy atom. The molecule has 0 saturated carbocycles. The summed E-state index contributed by atoms with van der Waals surface area (Å²) in [4.78, 5) is 5.34. The van der Waals surface area contributed by atoms with Crippen molar-refractivity contribution in [1.82, 2.24) is 10.2 Å². The first-order valence-electron chi connectivity index (χ1n) is 6.71. The molecule has 6 heteroatoms. The van der Waals surface area contributed by atoms with Gasteiger partial charge >= 0.3 is 6.01 Å². The summed E-state index contributed by atoms with van der Waals surface area (Å²) >= 11 is 0. The highest BCUT2D eigenvalue weighted by Crippen LogP contribution is 2.12. The van der Waals surface area contributed by atoms with Crippen molar-refractivity contribution < 1.29 is 9.25 Å². The van der Waals surface area contributed by atoms with Gasteiger partial charge in [0.15, 0.2) is 6.61 Å². The Kier molecular flexibility index (Phi) is 4.10. The van der Waals surface area contributed by atoms with Crippen molar-refractivity contribution in [3.8, 4) is 0 Å². The molecule has 0 spiro atoms. The van der Waals surface area contributed by atoms with Crippen LogP contribution < -0.4 is 5.73 Å². The number of rotatable bonds is 5. The van der Waals surface area contributed by atoms with Gasteiger partial charge in [-0.2, -0.15) is 0 Å². The predicted molar refractivity (Wildman–Crippen MR) is 82.0 cm³/mol. The van der Waals surface area contributed by atoms with E-state index in [1.807, 2.05) is 60.7 Å². The van der Waals surface area contributed by atoms with Crippen LogP contribution in [-0.4, -0.2) is 15.9 Å². The molecule has 0 unspecified atom stereocenters. The summed E-state index contributed by atoms with van der Waals surface area (Å²) < 4.78 is 5.04. The summed E-state index contributed by atoms with van der Waals surface area (Å²) in [6.07, 6.45) is 0. The zero-order valence-electron chi connectivity index (χ0n) is 11.7. The van der Waals surface area contributed by atoms with Crippen molar-refractivity contribution in [2.24, 2.45) is 5.16 Å². The van der Waals surface area contributed by atoms with E-state index in [9.17, 15) is 0 Å². The number of nitrogen functional groups attached to an aromatic ring is 1. The highest BCUT2D eigenvalue weighted by Gasteiger charge is 2.08. The number of aromatic nitrogens is 2. The first-order valence-corrected chi connectivity index (χ1v) is 6.71. The van der Waals surface area contributed by atoms with Gasteiger partial charge in [-0.15, -0.1) is 5.10 Å². The lowest BCUT2D eigenvalue weighted by molar-refractivity contribution is 0.112. The lowest BCUT2D eigenvalue weighted by atomic mass is 10.0. The second-order valence-electron chi connectivity index (χ2n) is 4.48. The third kappa shape index (κ3) is 3.29. The third-order valence-electron chi connectivity index (χ3n) is 2.92. The van der Waals surface area contributed by atoms with Crippen LogP contribution in [0.15, 0.2) is 70.2 Å². The van der Waals surface area contributed by atoms with Crippen molar-refractivity contribution in [3.63, 3.8) is 0 Å². The van der Waals surface area contributed by atoms with Gasteiger partial charge in [0.2, 0.25) is 0 Å². The second kappa shape index (κ2) is 6.53. The first-order chi connectivity index (χ1) is 10.8. The summed E-state index contributed by atoms with van der Waals surface area (Å²) in [5.74, 6) is 0.279. The number of nitrogens with two attached hydrogens (primary N) is 1. The summed E-state index contributed by atoms with van der Waals surface area (Å²) in [6.45, 7) is 0.0629. The van der Waals surface area contributed by atoms with Crippen LogP contribution in [0, 0.1) is 0 Å². The quantitative estimate of drug-likeness (QED) is 0.577. The van der Waals surface area contributed by atoms with Gasteiger partial charge in [0.25, 0.3) is 5.89 Å². The molecule has 0 aliphatic heterocycles. The first kappa shape index (κ1) is 13.8. The maximum absolute atomic E-state index is 5.36. The number of nitrogens with zero attached hydrogens (tertiary/aromatic N) is 3. The Morgan fingerprint density at radius 2 is 1.55 bits per heavy atom. The smallest absolute Gasteiger partial charge is 0.312 e. The molecule has 0 amide bonds. The van der Waals surface area contributed by atoms with E-state index in [0.29, 0.717) is 0 Å². The average Bonchev–Trinajstić information content (AvgIpc) is 2.99. The molecule has 0 aliphatic rings. The van der Waals surface area contributed by atoms with Gasteiger partial charge in [-0.1, -0.05) is 70.9 Å². The molecule has 0 atom stereocenters. The fraction of sp³-hybridized carbons (Fsp3) is 0.0625. The summed E-state index contributed by atoms with van der Waals surface area (Å²) in [5.41, 5.74) is 8.01. The Labute approximate surface area is 127 Å². The molecular formula is C16H14N4O2. The maximum atomic E-state index is 5.36. The van der Waals surface area contributed by atoms with Gasteiger partial charge in [-0.05, 0) is 0 Å². The van der Waals surface area contributed by atoms with Crippen LogP contribution in [0.2, 0.25) is 0 Å². The van der Waals surface area contributed by atoms with Crippen molar-refractivity contribution in [1.29, 1.82) is 0 Å². The normalized spacial score (nSPS) is 10.2. The van der Waals surface area contributed by atoms with Crippen molar-refractivity contribution in [2.45, 2.75) is 6.61 Å². The van der Waals surface area contributed by atoms with Crippen LogP contribution in [0.25, 0.3) is 0 Å². The van der Waals surface area contributed by atoms with Crippen LogP contribution in [0.4, 0.5) is 6.01 Å². The number of benzene rings is 2. The maximum Gasteiger partial charge on any atom is 0.312 e. The van der Waals surface area contributed by atoms with E-state index in [1.54, 1.807) is 0 Å². The van der Waals surface area contributed by atoms with Crippen molar-refractivity contribution in [2.75, 3.05) is 5.73 Å². The van der Waals surface area contributed by atoms with Gasteiger partial charge in [0.1, 0.15) is 5.71 Å². The lowest BCUT2D eigenvalue weighted by Gasteiger charge is -2.06. The molecule has 22 heavy (non-hydrogen) atoms. The summed E-state index contributed by atoms with van der Waals surface area (Å²) in [7, 11) is 0. The molecule has 0 saturated heterocycles. The molecule has 0 aliphatic carbocycles. The number of hydrogen-bond acceptors (Lipinski definition) is 6.